The summed E-state index contributed by atoms with van der Waals surface area (Å²) < 4.78 is 0. The molecule has 1 heterocycles. The fourth-order valence-electron chi connectivity index (χ4n) is 1.76. The summed E-state index contributed by atoms with van der Waals surface area (Å²) in [7, 11) is 0. The van der Waals surface area contributed by atoms with Crippen molar-refractivity contribution in [2.45, 2.75) is 6.42 Å². The average molecular weight is 285 g/mol. The zero-order valence-electron chi connectivity index (χ0n) is 11.2. The normalized spacial score (nSPS) is 9.90. The Morgan fingerprint density at radius 2 is 2.00 bits per heavy atom. The molecule has 3 N–H and O–H groups in total. The van der Waals surface area contributed by atoms with Crippen molar-refractivity contribution < 1.29 is 14.7 Å². The zero-order valence-corrected chi connectivity index (χ0v) is 11.2. The van der Waals surface area contributed by atoms with Crippen LogP contribution >= 0.6 is 0 Å². The molecular weight excluding hydrogens is 270 g/mol. The number of rotatable bonds is 5. The lowest BCUT2D eigenvalue weighted by atomic mass is 10.2. The highest BCUT2D eigenvalue weighted by molar-refractivity contribution is 5.93. The van der Waals surface area contributed by atoms with Crippen molar-refractivity contribution in [1.29, 1.82) is 0 Å². The van der Waals surface area contributed by atoms with Gasteiger partial charge in [0.1, 0.15) is 0 Å². The van der Waals surface area contributed by atoms with E-state index >= 15 is 0 Å². The molecule has 0 aliphatic rings. The monoisotopic (exact) mass is 285 g/mol. The van der Waals surface area contributed by atoms with Gasteiger partial charge in [0.25, 0.3) is 0 Å². The molecule has 0 spiro atoms. The summed E-state index contributed by atoms with van der Waals surface area (Å²) >= 11 is 0. The van der Waals surface area contributed by atoms with Gasteiger partial charge in [-0.3, -0.25) is 4.98 Å². The van der Waals surface area contributed by atoms with Crippen LogP contribution in [-0.2, 0) is 6.42 Å². The van der Waals surface area contributed by atoms with E-state index in [9.17, 15) is 9.59 Å². The van der Waals surface area contributed by atoms with Crippen LogP contribution in [0, 0.1) is 0 Å². The summed E-state index contributed by atoms with van der Waals surface area (Å²) in [6, 6.07) is 11.3. The summed E-state index contributed by atoms with van der Waals surface area (Å²) in [5, 5.41) is 14.2. The second-order valence-corrected chi connectivity index (χ2v) is 4.34. The number of nitrogens with one attached hydrogen (secondary N) is 2. The maximum atomic E-state index is 11.7. The van der Waals surface area contributed by atoms with Crippen molar-refractivity contribution in [3.05, 3.63) is 59.9 Å². The Balaban J connectivity index is 1.82. The molecule has 0 radical (unpaired) electrons. The largest absolute Gasteiger partial charge is 0.478 e. The molecule has 1 aromatic heterocycles. The maximum Gasteiger partial charge on any atom is 0.335 e. The fraction of sp³-hybridized carbons (Fsp3) is 0.133. The van der Waals surface area contributed by atoms with Gasteiger partial charge in [0.05, 0.1) is 5.56 Å². The number of hydrogen-bond donors (Lipinski definition) is 3. The molecule has 0 bridgehead atoms. The summed E-state index contributed by atoms with van der Waals surface area (Å²) in [5.41, 5.74) is 1.46. The minimum atomic E-state index is -1.03. The Morgan fingerprint density at radius 3 is 2.71 bits per heavy atom. The molecular formula is C15H15N3O3. The molecule has 1 aromatic carbocycles. The highest BCUT2D eigenvalue weighted by Crippen LogP contribution is 2.10. The Bertz CT molecular complexity index is 629. The third-order valence-corrected chi connectivity index (χ3v) is 2.76. The lowest BCUT2D eigenvalue weighted by Gasteiger charge is -2.08. The first-order valence-corrected chi connectivity index (χ1v) is 6.43. The van der Waals surface area contributed by atoms with Gasteiger partial charge in [0, 0.05) is 30.5 Å². The molecule has 2 amide bonds. The van der Waals surface area contributed by atoms with Gasteiger partial charge >= 0.3 is 12.0 Å². The van der Waals surface area contributed by atoms with E-state index in [4.69, 9.17) is 5.11 Å². The van der Waals surface area contributed by atoms with Crippen LogP contribution in [-0.4, -0.2) is 28.6 Å². The molecule has 0 saturated carbocycles. The first kappa shape index (κ1) is 14.5. The number of carboxylic acids is 1. The van der Waals surface area contributed by atoms with Gasteiger partial charge in [0.15, 0.2) is 0 Å². The zero-order chi connectivity index (χ0) is 15.1. The van der Waals surface area contributed by atoms with E-state index in [0.717, 1.165) is 5.69 Å². The number of anilines is 1. The minimum Gasteiger partial charge on any atom is -0.478 e. The summed E-state index contributed by atoms with van der Waals surface area (Å²) in [4.78, 5) is 26.7. The SMILES string of the molecule is O=C(NCCc1ccccn1)Nc1cccc(C(=O)O)c1. The minimum absolute atomic E-state index is 0.126. The van der Waals surface area contributed by atoms with E-state index in [1.165, 1.54) is 12.1 Å². The van der Waals surface area contributed by atoms with E-state index in [-0.39, 0.29) is 11.6 Å². The topological polar surface area (TPSA) is 91.3 Å². The number of urea groups is 1. The number of amides is 2. The molecule has 0 aliphatic heterocycles. The Hall–Kier alpha value is -2.89. The number of carbonyl (C=O) groups is 2. The van der Waals surface area contributed by atoms with Gasteiger partial charge < -0.3 is 15.7 Å². The lowest BCUT2D eigenvalue weighted by Crippen LogP contribution is -2.30. The van der Waals surface area contributed by atoms with Crippen molar-refractivity contribution in [1.82, 2.24) is 10.3 Å². The average Bonchev–Trinajstić information content (AvgIpc) is 2.48. The third-order valence-electron chi connectivity index (χ3n) is 2.76. The van der Waals surface area contributed by atoms with Crippen LogP contribution in [0.2, 0.25) is 0 Å². The smallest absolute Gasteiger partial charge is 0.335 e. The molecule has 2 rings (SSSR count). The quantitative estimate of drug-likeness (QED) is 0.785. The van der Waals surface area contributed by atoms with Crippen molar-refractivity contribution in [3.8, 4) is 0 Å². The molecule has 6 heteroatoms. The number of aromatic carboxylic acids is 1. The molecule has 6 nitrogen and oxygen atoms in total. The van der Waals surface area contributed by atoms with Crippen LogP contribution in [0.3, 0.4) is 0 Å². The van der Waals surface area contributed by atoms with Gasteiger partial charge in [0.2, 0.25) is 0 Å². The molecule has 0 atom stereocenters. The van der Waals surface area contributed by atoms with Gasteiger partial charge in [-0.2, -0.15) is 0 Å². The van der Waals surface area contributed by atoms with Gasteiger partial charge in [-0.25, -0.2) is 9.59 Å². The number of benzene rings is 1. The molecule has 0 unspecified atom stereocenters. The first-order chi connectivity index (χ1) is 10.1. The number of aromatic nitrogens is 1. The fourth-order valence-corrected chi connectivity index (χ4v) is 1.76. The molecule has 0 saturated heterocycles. The van der Waals surface area contributed by atoms with Crippen LogP contribution < -0.4 is 10.6 Å². The van der Waals surface area contributed by atoms with Crippen LogP contribution in [0.5, 0.6) is 0 Å². The van der Waals surface area contributed by atoms with Gasteiger partial charge in [-0.1, -0.05) is 12.1 Å². The predicted molar refractivity (Wildman–Crippen MR) is 78.4 cm³/mol. The Kier molecular flexibility index (Phi) is 4.87. The van der Waals surface area contributed by atoms with Crippen LogP contribution in [0.1, 0.15) is 16.1 Å². The number of hydrogen-bond acceptors (Lipinski definition) is 3. The van der Waals surface area contributed by atoms with Crippen molar-refractivity contribution in [2.24, 2.45) is 0 Å². The Labute approximate surface area is 121 Å². The second kappa shape index (κ2) is 7.04. The molecule has 2 aromatic rings. The van der Waals surface area contributed by atoms with Crippen molar-refractivity contribution in [2.75, 3.05) is 11.9 Å². The molecule has 21 heavy (non-hydrogen) atoms. The number of pyridine rings is 1. The maximum absolute atomic E-state index is 11.7. The highest BCUT2D eigenvalue weighted by Gasteiger charge is 2.05. The van der Waals surface area contributed by atoms with Gasteiger partial charge in [-0.05, 0) is 30.3 Å². The summed E-state index contributed by atoms with van der Waals surface area (Å²) in [6.07, 6.45) is 2.33. The summed E-state index contributed by atoms with van der Waals surface area (Å²) in [6.45, 7) is 0.446. The Morgan fingerprint density at radius 1 is 1.14 bits per heavy atom. The second-order valence-electron chi connectivity index (χ2n) is 4.34. The standard InChI is InChI=1S/C15H15N3O3/c19-14(20)11-4-3-6-13(10-11)18-15(21)17-9-7-12-5-1-2-8-16-12/h1-6,8,10H,7,9H2,(H,19,20)(H2,17,18,21). The van der Waals surface area contributed by atoms with E-state index < -0.39 is 5.97 Å². The predicted octanol–water partition coefficient (Wildman–Crippen LogP) is 2.14. The van der Waals surface area contributed by atoms with Crippen LogP contribution in [0.4, 0.5) is 10.5 Å². The van der Waals surface area contributed by atoms with Crippen LogP contribution in [0.15, 0.2) is 48.7 Å². The number of nitrogens with zero attached hydrogens (tertiary/aromatic N) is 1. The summed E-state index contributed by atoms with van der Waals surface area (Å²) in [5.74, 6) is -1.03. The molecule has 0 fully saturated rings. The van der Waals surface area contributed by atoms with E-state index in [1.54, 1.807) is 18.3 Å². The first-order valence-electron chi connectivity index (χ1n) is 6.43. The van der Waals surface area contributed by atoms with Crippen LogP contribution in [0.25, 0.3) is 0 Å². The van der Waals surface area contributed by atoms with E-state index in [1.807, 2.05) is 18.2 Å². The lowest BCUT2D eigenvalue weighted by molar-refractivity contribution is 0.0697. The third kappa shape index (κ3) is 4.61. The molecule has 108 valence electrons. The van der Waals surface area contributed by atoms with Crippen molar-refractivity contribution in [3.63, 3.8) is 0 Å². The number of carbonyl (C=O) groups excluding carboxylic acids is 1. The number of carboxylic acid groups (broad SMARTS) is 1. The highest BCUT2D eigenvalue weighted by atomic mass is 16.4. The van der Waals surface area contributed by atoms with Gasteiger partial charge in [-0.15, -0.1) is 0 Å². The van der Waals surface area contributed by atoms with Crippen molar-refractivity contribution >= 4 is 17.7 Å². The van der Waals surface area contributed by atoms with E-state index in [0.29, 0.717) is 18.7 Å². The molecule has 0 aliphatic carbocycles. The van der Waals surface area contributed by atoms with E-state index in [2.05, 4.69) is 15.6 Å².